The Bertz CT molecular complexity index is 348. The molecule has 1 fully saturated rings. The number of ether oxygens (including phenoxy) is 1. The molecule has 1 aromatic rings. The molecule has 0 aliphatic carbocycles. The molecule has 1 saturated heterocycles. The third-order valence-corrected chi connectivity index (χ3v) is 3.30. The normalized spacial score (nSPS) is 17.1. The Morgan fingerprint density at radius 3 is 2.76 bits per heavy atom. The number of likely N-dealkylation sites (N-methyl/N-ethyl adjacent to an activating group) is 1. The van der Waals surface area contributed by atoms with Crippen LogP contribution in [0.5, 0.6) is 0 Å². The molecule has 94 valence electrons. The van der Waals surface area contributed by atoms with Crippen LogP contribution < -0.4 is 4.90 Å². The summed E-state index contributed by atoms with van der Waals surface area (Å²) in [5.41, 5.74) is 2.62. The number of morpholine rings is 1. The molecule has 0 N–H and O–H groups in total. The highest BCUT2D eigenvalue weighted by atomic mass is 16.5. The molecule has 0 spiro atoms. The average Bonchev–Trinajstić information content (AvgIpc) is 2.37. The summed E-state index contributed by atoms with van der Waals surface area (Å²) in [4.78, 5) is 4.79. The van der Waals surface area contributed by atoms with Crippen LogP contribution in [-0.4, -0.2) is 51.3 Å². The molecule has 0 atom stereocenters. The summed E-state index contributed by atoms with van der Waals surface area (Å²) in [6.07, 6.45) is 0. The number of rotatable bonds is 4. The van der Waals surface area contributed by atoms with Crippen LogP contribution in [0, 0.1) is 6.92 Å². The predicted octanol–water partition coefficient (Wildman–Crippen LogP) is 1.76. The minimum Gasteiger partial charge on any atom is -0.379 e. The number of benzene rings is 1. The molecule has 1 heterocycles. The van der Waals surface area contributed by atoms with Gasteiger partial charge >= 0.3 is 0 Å². The van der Waals surface area contributed by atoms with E-state index in [1.165, 1.54) is 11.3 Å². The molecule has 1 aliphatic heterocycles. The molecule has 0 bridgehead atoms. The zero-order chi connectivity index (χ0) is 12.1. The third-order valence-electron chi connectivity index (χ3n) is 3.30. The number of hydrogen-bond donors (Lipinski definition) is 0. The van der Waals surface area contributed by atoms with Crippen LogP contribution in [0.2, 0.25) is 0 Å². The summed E-state index contributed by atoms with van der Waals surface area (Å²) >= 11 is 0. The first kappa shape index (κ1) is 12.4. The lowest BCUT2D eigenvalue weighted by Gasteiger charge is -2.29. The van der Waals surface area contributed by atoms with Gasteiger partial charge in [-0.1, -0.05) is 12.1 Å². The molecule has 3 nitrogen and oxygen atoms in total. The van der Waals surface area contributed by atoms with Gasteiger partial charge in [-0.2, -0.15) is 0 Å². The van der Waals surface area contributed by atoms with Crippen LogP contribution in [0.1, 0.15) is 5.56 Å². The third kappa shape index (κ3) is 3.72. The van der Waals surface area contributed by atoms with Gasteiger partial charge in [0.1, 0.15) is 0 Å². The summed E-state index contributed by atoms with van der Waals surface area (Å²) in [5.74, 6) is 0. The van der Waals surface area contributed by atoms with Crippen LogP contribution in [-0.2, 0) is 4.74 Å². The van der Waals surface area contributed by atoms with E-state index in [2.05, 4.69) is 48.0 Å². The maximum absolute atomic E-state index is 5.35. The van der Waals surface area contributed by atoms with Crippen LogP contribution in [0.15, 0.2) is 24.3 Å². The number of aryl methyl sites for hydroxylation is 1. The maximum Gasteiger partial charge on any atom is 0.0594 e. The summed E-state index contributed by atoms with van der Waals surface area (Å²) in [5, 5.41) is 0. The van der Waals surface area contributed by atoms with Crippen molar-refractivity contribution in [3.8, 4) is 0 Å². The number of hydrogen-bond acceptors (Lipinski definition) is 3. The monoisotopic (exact) mass is 234 g/mol. The fourth-order valence-electron chi connectivity index (χ4n) is 2.11. The zero-order valence-electron chi connectivity index (χ0n) is 10.9. The van der Waals surface area contributed by atoms with E-state index in [0.29, 0.717) is 0 Å². The van der Waals surface area contributed by atoms with Gasteiger partial charge in [-0.05, 0) is 24.6 Å². The van der Waals surface area contributed by atoms with Crippen molar-refractivity contribution in [3.05, 3.63) is 29.8 Å². The SMILES string of the molecule is Cc1cccc(N(C)CCN2CCOCC2)c1. The second-order valence-electron chi connectivity index (χ2n) is 4.71. The molecule has 0 unspecified atom stereocenters. The van der Waals surface area contributed by atoms with E-state index in [1.807, 2.05) is 0 Å². The molecule has 0 saturated carbocycles. The molecule has 1 aromatic carbocycles. The Balaban J connectivity index is 1.82. The van der Waals surface area contributed by atoms with E-state index < -0.39 is 0 Å². The lowest BCUT2D eigenvalue weighted by Crippen LogP contribution is -2.40. The molecule has 0 amide bonds. The van der Waals surface area contributed by atoms with Crippen LogP contribution >= 0.6 is 0 Å². The van der Waals surface area contributed by atoms with E-state index in [0.717, 1.165) is 39.4 Å². The molecule has 0 aromatic heterocycles. The predicted molar refractivity (Wildman–Crippen MR) is 71.7 cm³/mol. The Labute approximate surface area is 104 Å². The molecule has 0 radical (unpaired) electrons. The van der Waals surface area contributed by atoms with Gasteiger partial charge in [0.25, 0.3) is 0 Å². The van der Waals surface area contributed by atoms with Crippen molar-refractivity contribution in [1.82, 2.24) is 4.90 Å². The molecule has 3 heteroatoms. The maximum atomic E-state index is 5.35. The van der Waals surface area contributed by atoms with Crippen molar-refractivity contribution < 1.29 is 4.74 Å². The van der Waals surface area contributed by atoms with Crippen LogP contribution in [0.3, 0.4) is 0 Å². The first-order chi connectivity index (χ1) is 8.25. The Morgan fingerprint density at radius 1 is 1.29 bits per heavy atom. The zero-order valence-corrected chi connectivity index (χ0v) is 10.9. The summed E-state index contributed by atoms with van der Waals surface area (Å²) < 4.78 is 5.35. The molecular weight excluding hydrogens is 212 g/mol. The first-order valence-corrected chi connectivity index (χ1v) is 6.33. The quantitative estimate of drug-likeness (QED) is 0.789. The van der Waals surface area contributed by atoms with Gasteiger partial charge in [0, 0.05) is 38.9 Å². The fourth-order valence-corrected chi connectivity index (χ4v) is 2.11. The Hall–Kier alpha value is -1.06. The van der Waals surface area contributed by atoms with Crippen molar-refractivity contribution in [2.45, 2.75) is 6.92 Å². The second-order valence-corrected chi connectivity index (χ2v) is 4.71. The number of anilines is 1. The molecular formula is C14H22N2O. The van der Waals surface area contributed by atoms with E-state index in [4.69, 9.17) is 4.74 Å². The van der Waals surface area contributed by atoms with Crippen molar-refractivity contribution in [2.75, 3.05) is 51.3 Å². The second kappa shape index (κ2) is 6.03. The largest absolute Gasteiger partial charge is 0.379 e. The van der Waals surface area contributed by atoms with Crippen molar-refractivity contribution in [2.24, 2.45) is 0 Å². The topological polar surface area (TPSA) is 15.7 Å². The Kier molecular flexibility index (Phi) is 4.40. The summed E-state index contributed by atoms with van der Waals surface area (Å²) in [6.45, 7) is 8.24. The molecule has 2 rings (SSSR count). The lowest BCUT2D eigenvalue weighted by atomic mass is 10.2. The molecule has 1 aliphatic rings. The fraction of sp³-hybridized carbons (Fsp3) is 0.571. The van der Waals surface area contributed by atoms with Gasteiger partial charge in [0.05, 0.1) is 13.2 Å². The van der Waals surface area contributed by atoms with Gasteiger partial charge < -0.3 is 9.64 Å². The van der Waals surface area contributed by atoms with E-state index in [1.54, 1.807) is 0 Å². The van der Waals surface area contributed by atoms with Gasteiger partial charge in [0.15, 0.2) is 0 Å². The smallest absolute Gasteiger partial charge is 0.0594 e. The minimum atomic E-state index is 0.883. The van der Waals surface area contributed by atoms with Crippen molar-refractivity contribution >= 4 is 5.69 Å². The van der Waals surface area contributed by atoms with Gasteiger partial charge in [-0.15, -0.1) is 0 Å². The standard InChI is InChI=1S/C14H22N2O/c1-13-4-3-5-14(12-13)15(2)6-7-16-8-10-17-11-9-16/h3-5,12H,6-11H2,1-2H3. The van der Waals surface area contributed by atoms with Gasteiger partial charge in [-0.25, -0.2) is 0 Å². The van der Waals surface area contributed by atoms with E-state index >= 15 is 0 Å². The van der Waals surface area contributed by atoms with Crippen LogP contribution in [0.25, 0.3) is 0 Å². The lowest BCUT2D eigenvalue weighted by molar-refractivity contribution is 0.0393. The highest BCUT2D eigenvalue weighted by Crippen LogP contribution is 2.13. The summed E-state index contributed by atoms with van der Waals surface area (Å²) in [7, 11) is 2.16. The highest BCUT2D eigenvalue weighted by Gasteiger charge is 2.10. The van der Waals surface area contributed by atoms with Crippen molar-refractivity contribution in [3.63, 3.8) is 0 Å². The minimum absolute atomic E-state index is 0.883. The first-order valence-electron chi connectivity index (χ1n) is 6.33. The Morgan fingerprint density at radius 2 is 2.06 bits per heavy atom. The van der Waals surface area contributed by atoms with Gasteiger partial charge in [0.2, 0.25) is 0 Å². The average molecular weight is 234 g/mol. The number of nitrogens with zero attached hydrogens (tertiary/aromatic N) is 2. The van der Waals surface area contributed by atoms with E-state index in [-0.39, 0.29) is 0 Å². The highest BCUT2D eigenvalue weighted by molar-refractivity contribution is 5.47. The molecule has 17 heavy (non-hydrogen) atoms. The van der Waals surface area contributed by atoms with E-state index in [9.17, 15) is 0 Å². The van der Waals surface area contributed by atoms with Crippen molar-refractivity contribution in [1.29, 1.82) is 0 Å². The van der Waals surface area contributed by atoms with Crippen LogP contribution in [0.4, 0.5) is 5.69 Å². The van der Waals surface area contributed by atoms with Gasteiger partial charge in [-0.3, -0.25) is 4.90 Å². The summed E-state index contributed by atoms with van der Waals surface area (Å²) in [6, 6.07) is 8.67.